The second-order valence-corrected chi connectivity index (χ2v) is 5.62. The van der Waals surface area contributed by atoms with E-state index in [0.717, 1.165) is 30.6 Å². The van der Waals surface area contributed by atoms with Crippen LogP contribution in [0.2, 0.25) is 0 Å². The molecule has 1 saturated heterocycles. The average molecular weight is 270 g/mol. The van der Waals surface area contributed by atoms with Crippen LogP contribution in [0.15, 0.2) is 0 Å². The summed E-state index contributed by atoms with van der Waals surface area (Å²) in [5, 5.41) is 0. The van der Waals surface area contributed by atoms with Gasteiger partial charge in [-0.05, 0) is 39.8 Å². The van der Waals surface area contributed by atoms with Crippen LogP contribution in [0.25, 0.3) is 0 Å². The molecule has 2 fully saturated rings. The molecule has 0 N–H and O–H groups in total. The summed E-state index contributed by atoms with van der Waals surface area (Å²) in [5.74, 6) is 0. The van der Waals surface area contributed by atoms with Crippen molar-refractivity contribution in [3.8, 4) is 0 Å². The molecule has 1 spiro atoms. The molecule has 2 aliphatic rings. The molecule has 0 atom stereocenters. The molecule has 6 nitrogen and oxygen atoms in total. The van der Waals surface area contributed by atoms with Gasteiger partial charge >= 0.3 is 12.2 Å². The van der Waals surface area contributed by atoms with E-state index in [1.807, 2.05) is 19.0 Å². The topological polar surface area (TPSA) is 59.1 Å². The first-order chi connectivity index (χ1) is 9.02. The molecule has 108 valence electrons. The van der Waals surface area contributed by atoms with Gasteiger partial charge in [-0.3, -0.25) is 0 Å². The predicted octanol–water partition coefficient (Wildman–Crippen LogP) is 1.84. The smallest absolute Gasteiger partial charge is 0.420 e. The first kappa shape index (κ1) is 14.1. The number of hydrogen-bond acceptors (Lipinski definition) is 5. The van der Waals surface area contributed by atoms with Crippen LogP contribution >= 0.6 is 0 Å². The highest BCUT2D eigenvalue weighted by Gasteiger charge is 2.48. The third-order valence-corrected chi connectivity index (χ3v) is 3.72. The van der Waals surface area contributed by atoms with Crippen LogP contribution in [0.1, 0.15) is 32.1 Å². The zero-order chi connectivity index (χ0) is 13.9. The number of ether oxygens (including phenoxy) is 2. The van der Waals surface area contributed by atoms with E-state index in [4.69, 9.17) is 9.47 Å². The molecule has 0 unspecified atom stereocenters. The average Bonchev–Trinajstić information content (AvgIpc) is 2.66. The molecule has 0 aromatic rings. The van der Waals surface area contributed by atoms with E-state index in [1.54, 1.807) is 0 Å². The SMILES string of the molecule is CN(C)CCOC(=O)N1CC2(CCCCC2)OC1=O. The first-order valence-electron chi connectivity index (χ1n) is 6.84. The zero-order valence-corrected chi connectivity index (χ0v) is 11.7. The maximum atomic E-state index is 11.8. The van der Waals surface area contributed by atoms with E-state index in [9.17, 15) is 9.59 Å². The Balaban J connectivity index is 1.86. The summed E-state index contributed by atoms with van der Waals surface area (Å²) in [6, 6.07) is 0. The molecule has 0 radical (unpaired) electrons. The fraction of sp³-hybridized carbons (Fsp3) is 0.846. The summed E-state index contributed by atoms with van der Waals surface area (Å²) in [6.07, 6.45) is 3.83. The van der Waals surface area contributed by atoms with Crippen molar-refractivity contribution in [3.05, 3.63) is 0 Å². The highest BCUT2D eigenvalue weighted by Crippen LogP contribution is 2.37. The third kappa shape index (κ3) is 3.37. The van der Waals surface area contributed by atoms with Crippen molar-refractivity contribution < 1.29 is 19.1 Å². The van der Waals surface area contributed by atoms with E-state index < -0.39 is 17.8 Å². The fourth-order valence-electron chi connectivity index (χ4n) is 2.61. The van der Waals surface area contributed by atoms with Crippen LogP contribution in [0.3, 0.4) is 0 Å². The van der Waals surface area contributed by atoms with Gasteiger partial charge in [-0.25, -0.2) is 14.5 Å². The summed E-state index contributed by atoms with van der Waals surface area (Å²) >= 11 is 0. The highest BCUT2D eigenvalue weighted by molar-refractivity contribution is 5.89. The second-order valence-electron chi connectivity index (χ2n) is 5.62. The number of carbonyl (C=O) groups is 2. The molecule has 0 aromatic heterocycles. The van der Waals surface area contributed by atoms with Crippen LogP contribution < -0.4 is 0 Å². The predicted molar refractivity (Wildman–Crippen MR) is 68.9 cm³/mol. The van der Waals surface area contributed by atoms with Crippen molar-refractivity contribution in [1.29, 1.82) is 0 Å². The summed E-state index contributed by atoms with van der Waals surface area (Å²) in [4.78, 5) is 26.6. The minimum Gasteiger partial charge on any atom is -0.448 e. The number of hydrogen-bond donors (Lipinski definition) is 0. The van der Waals surface area contributed by atoms with Gasteiger partial charge < -0.3 is 14.4 Å². The number of nitrogens with zero attached hydrogens (tertiary/aromatic N) is 2. The molecule has 19 heavy (non-hydrogen) atoms. The summed E-state index contributed by atoms with van der Waals surface area (Å²) in [6.45, 7) is 1.26. The number of imide groups is 1. The lowest BCUT2D eigenvalue weighted by Gasteiger charge is -2.30. The molecular weight excluding hydrogens is 248 g/mol. The molecule has 2 rings (SSSR count). The van der Waals surface area contributed by atoms with Crippen LogP contribution in [0, 0.1) is 0 Å². The van der Waals surface area contributed by atoms with Gasteiger partial charge in [-0.2, -0.15) is 0 Å². The quantitative estimate of drug-likeness (QED) is 0.783. The monoisotopic (exact) mass is 270 g/mol. The minimum absolute atomic E-state index is 0.280. The van der Waals surface area contributed by atoms with Crippen molar-refractivity contribution >= 4 is 12.2 Å². The van der Waals surface area contributed by atoms with Gasteiger partial charge in [0.25, 0.3) is 0 Å². The van der Waals surface area contributed by atoms with E-state index in [-0.39, 0.29) is 6.61 Å². The maximum absolute atomic E-state index is 11.8. The lowest BCUT2D eigenvalue weighted by atomic mass is 9.85. The fourth-order valence-corrected chi connectivity index (χ4v) is 2.61. The van der Waals surface area contributed by atoms with Crippen molar-refractivity contribution in [1.82, 2.24) is 9.80 Å². The minimum atomic E-state index is -0.589. The molecule has 6 heteroatoms. The molecule has 0 bridgehead atoms. The summed E-state index contributed by atoms with van der Waals surface area (Å²) in [5.41, 5.74) is -0.449. The largest absolute Gasteiger partial charge is 0.448 e. The molecule has 1 aliphatic heterocycles. The van der Waals surface area contributed by atoms with Crippen molar-refractivity contribution in [2.24, 2.45) is 0 Å². The summed E-state index contributed by atoms with van der Waals surface area (Å²) in [7, 11) is 3.80. The lowest BCUT2D eigenvalue weighted by Crippen LogP contribution is -2.39. The Hall–Kier alpha value is -1.30. The molecule has 2 amide bonds. The van der Waals surface area contributed by atoms with Crippen molar-refractivity contribution in [3.63, 3.8) is 0 Å². The van der Waals surface area contributed by atoms with Crippen LogP contribution in [-0.4, -0.2) is 61.4 Å². The maximum Gasteiger partial charge on any atom is 0.420 e. The third-order valence-electron chi connectivity index (χ3n) is 3.72. The van der Waals surface area contributed by atoms with E-state index in [2.05, 4.69) is 0 Å². The Morgan fingerprint density at radius 2 is 2.05 bits per heavy atom. The lowest BCUT2D eigenvalue weighted by molar-refractivity contribution is 0.0259. The standard InChI is InChI=1S/C13H22N2O4/c1-14(2)8-9-18-11(16)15-10-13(19-12(15)17)6-4-3-5-7-13/h3-10H2,1-2H3. The van der Waals surface area contributed by atoms with Crippen LogP contribution in [0.5, 0.6) is 0 Å². The van der Waals surface area contributed by atoms with Gasteiger partial charge in [0.15, 0.2) is 0 Å². The van der Waals surface area contributed by atoms with Crippen LogP contribution in [0.4, 0.5) is 9.59 Å². The van der Waals surface area contributed by atoms with Gasteiger partial charge in [-0.1, -0.05) is 6.42 Å². The summed E-state index contributed by atoms with van der Waals surface area (Å²) < 4.78 is 10.5. The molecular formula is C13H22N2O4. The second kappa shape index (κ2) is 5.77. The van der Waals surface area contributed by atoms with E-state index in [1.165, 1.54) is 6.42 Å². The molecule has 1 heterocycles. The van der Waals surface area contributed by atoms with E-state index in [0.29, 0.717) is 13.1 Å². The van der Waals surface area contributed by atoms with E-state index >= 15 is 0 Å². The Kier molecular flexibility index (Phi) is 4.29. The first-order valence-corrected chi connectivity index (χ1v) is 6.84. The Labute approximate surface area is 113 Å². The van der Waals surface area contributed by atoms with Crippen molar-refractivity contribution in [2.45, 2.75) is 37.7 Å². The zero-order valence-electron chi connectivity index (χ0n) is 11.7. The Morgan fingerprint density at radius 3 is 2.68 bits per heavy atom. The van der Waals surface area contributed by atoms with Gasteiger partial charge in [0.1, 0.15) is 12.2 Å². The van der Waals surface area contributed by atoms with Crippen LogP contribution in [-0.2, 0) is 9.47 Å². The van der Waals surface area contributed by atoms with Crippen molar-refractivity contribution in [2.75, 3.05) is 33.8 Å². The van der Waals surface area contributed by atoms with Gasteiger partial charge in [0.05, 0.1) is 6.54 Å². The number of carbonyl (C=O) groups excluding carboxylic acids is 2. The van der Waals surface area contributed by atoms with Gasteiger partial charge in [0.2, 0.25) is 0 Å². The Bertz CT molecular complexity index is 351. The Morgan fingerprint density at radius 1 is 1.37 bits per heavy atom. The van der Waals surface area contributed by atoms with Gasteiger partial charge in [-0.15, -0.1) is 0 Å². The number of amides is 2. The number of rotatable bonds is 3. The number of likely N-dealkylation sites (N-methyl/N-ethyl adjacent to an activating group) is 1. The molecule has 1 aliphatic carbocycles. The molecule has 0 aromatic carbocycles. The molecule has 1 saturated carbocycles. The van der Waals surface area contributed by atoms with Gasteiger partial charge in [0, 0.05) is 6.54 Å². The normalized spacial score (nSPS) is 21.8. The highest BCUT2D eigenvalue weighted by atomic mass is 16.6.